The van der Waals surface area contributed by atoms with Gasteiger partial charge in [-0.15, -0.1) is 0 Å². The van der Waals surface area contributed by atoms with Crippen molar-refractivity contribution in [3.8, 4) is 0 Å². The van der Waals surface area contributed by atoms with Crippen LogP contribution in [0.25, 0.3) is 0 Å². The zero-order valence-electron chi connectivity index (χ0n) is 10.0. The molecule has 0 aromatic rings. The van der Waals surface area contributed by atoms with E-state index in [2.05, 4.69) is 26.0 Å². The van der Waals surface area contributed by atoms with Gasteiger partial charge in [-0.1, -0.05) is 44.1 Å². The van der Waals surface area contributed by atoms with Crippen LogP contribution in [0.15, 0.2) is 23.3 Å². The predicted octanol–water partition coefficient (Wildman–Crippen LogP) is 3.70. The molecule has 82 valence electrons. The lowest BCUT2D eigenvalue weighted by Crippen LogP contribution is -1.90. The highest BCUT2D eigenvalue weighted by molar-refractivity contribution is 5.22. The minimum Gasteiger partial charge on any atom is -0.396 e. The van der Waals surface area contributed by atoms with Crippen molar-refractivity contribution in [3.63, 3.8) is 0 Å². The first-order valence-electron chi connectivity index (χ1n) is 5.56. The normalized spacial score (nSPS) is 15.6. The van der Waals surface area contributed by atoms with Crippen LogP contribution in [0.3, 0.4) is 0 Å². The summed E-state index contributed by atoms with van der Waals surface area (Å²) in [4.78, 5) is 0. The number of hydrogen-bond donors (Lipinski definition) is 1. The highest BCUT2D eigenvalue weighted by Crippen LogP contribution is 2.19. The Labute approximate surface area is 88.5 Å². The predicted molar refractivity (Wildman–Crippen MR) is 63.3 cm³/mol. The largest absolute Gasteiger partial charge is 0.396 e. The van der Waals surface area contributed by atoms with E-state index < -0.39 is 0 Å². The zero-order valence-corrected chi connectivity index (χ0v) is 10.0. The highest BCUT2D eigenvalue weighted by atomic mass is 16.3. The van der Waals surface area contributed by atoms with Crippen molar-refractivity contribution >= 4 is 0 Å². The Bertz CT molecular complexity index is 199. The lowest BCUT2D eigenvalue weighted by molar-refractivity contribution is 0.248. The van der Waals surface area contributed by atoms with Gasteiger partial charge < -0.3 is 5.11 Å². The van der Waals surface area contributed by atoms with Gasteiger partial charge in [-0.3, -0.25) is 0 Å². The molecule has 1 aliphatic carbocycles. The van der Waals surface area contributed by atoms with E-state index in [-0.39, 0.29) is 0 Å². The molecular weight excluding hydrogens is 172 g/mol. The number of hydrogen-bond acceptors (Lipinski definition) is 1. The average molecular weight is 196 g/mol. The molecule has 0 spiro atoms. The van der Waals surface area contributed by atoms with Crippen molar-refractivity contribution in [2.24, 2.45) is 5.92 Å². The molecule has 0 radical (unpaired) electrons. The van der Waals surface area contributed by atoms with Crippen molar-refractivity contribution in [1.29, 1.82) is 0 Å². The standard InChI is InChI=1S/C9H14.C4H10O/c1-3-9-6-4-8(2)5-7-9;1-4(2)3-5/h4,6H,3,5,7H2,1-2H3;4-5H,3H2,1-2H3. The zero-order chi connectivity index (χ0) is 11.0. The van der Waals surface area contributed by atoms with Crippen LogP contribution in [-0.2, 0) is 0 Å². The SMILES string of the molecule is CC(C)CO.CCC1=CC=C(C)CC1. The van der Waals surface area contributed by atoms with Crippen molar-refractivity contribution < 1.29 is 5.11 Å². The van der Waals surface area contributed by atoms with Crippen LogP contribution in [0, 0.1) is 5.92 Å². The Balaban J connectivity index is 0.000000292. The van der Waals surface area contributed by atoms with Crippen molar-refractivity contribution in [1.82, 2.24) is 0 Å². The first-order valence-corrected chi connectivity index (χ1v) is 5.56. The lowest BCUT2D eigenvalue weighted by atomic mass is 9.98. The van der Waals surface area contributed by atoms with E-state index in [0.717, 1.165) is 0 Å². The molecule has 0 fully saturated rings. The van der Waals surface area contributed by atoms with Gasteiger partial charge in [0.05, 0.1) is 0 Å². The van der Waals surface area contributed by atoms with E-state index in [0.29, 0.717) is 12.5 Å². The van der Waals surface area contributed by atoms with Gasteiger partial charge in [-0.05, 0) is 32.1 Å². The van der Waals surface area contributed by atoms with Crippen LogP contribution < -0.4 is 0 Å². The molecular formula is C13H24O. The summed E-state index contributed by atoms with van der Waals surface area (Å²) in [6, 6.07) is 0. The Hall–Kier alpha value is -0.560. The second-order valence-corrected chi connectivity index (χ2v) is 4.27. The van der Waals surface area contributed by atoms with Gasteiger partial charge in [0.15, 0.2) is 0 Å². The van der Waals surface area contributed by atoms with Gasteiger partial charge in [-0.25, -0.2) is 0 Å². The first kappa shape index (κ1) is 13.4. The summed E-state index contributed by atoms with van der Waals surface area (Å²) in [7, 11) is 0. The van der Waals surface area contributed by atoms with Gasteiger partial charge >= 0.3 is 0 Å². The van der Waals surface area contributed by atoms with Crippen LogP contribution in [0.4, 0.5) is 0 Å². The third-order valence-corrected chi connectivity index (χ3v) is 2.26. The van der Waals surface area contributed by atoms with Gasteiger partial charge in [-0.2, -0.15) is 0 Å². The second-order valence-electron chi connectivity index (χ2n) is 4.27. The van der Waals surface area contributed by atoms with E-state index in [1.165, 1.54) is 24.8 Å². The molecule has 0 amide bonds. The van der Waals surface area contributed by atoms with Crippen LogP contribution in [0.5, 0.6) is 0 Å². The molecule has 1 aliphatic rings. The molecule has 0 saturated carbocycles. The second kappa shape index (κ2) is 7.81. The molecule has 0 heterocycles. The van der Waals surface area contributed by atoms with Crippen molar-refractivity contribution in [2.75, 3.05) is 6.61 Å². The highest BCUT2D eigenvalue weighted by Gasteiger charge is 1.99. The Morgan fingerprint density at radius 1 is 1.29 bits per heavy atom. The number of aliphatic hydroxyl groups is 1. The van der Waals surface area contributed by atoms with Gasteiger partial charge in [0.1, 0.15) is 0 Å². The smallest absolute Gasteiger partial charge is 0.0453 e. The molecule has 0 bridgehead atoms. The summed E-state index contributed by atoms with van der Waals surface area (Å²) >= 11 is 0. The molecule has 0 aliphatic heterocycles. The third kappa shape index (κ3) is 6.90. The van der Waals surface area contributed by atoms with Crippen LogP contribution >= 0.6 is 0 Å². The fourth-order valence-electron chi connectivity index (χ4n) is 1.08. The molecule has 0 aromatic carbocycles. The molecule has 1 heteroatoms. The summed E-state index contributed by atoms with van der Waals surface area (Å²) in [6.45, 7) is 8.67. The summed E-state index contributed by atoms with van der Waals surface area (Å²) in [6.07, 6.45) is 8.30. The summed E-state index contributed by atoms with van der Waals surface area (Å²) in [5.74, 6) is 0.440. The molecule has 0 saturated heterocycles. The maximum absolute atomic E-state index is 8.14. The van der Waals surface area contributed by atoms with Crippen molar-refractivity contribution in [2.45, 2.75) is 47.0 Å². The minimum absolute atomic E-state index is 0.306. The molecule has 0 aromatic heterocycles. The van der Waals surface area contributed by atoms with E-state index in [1.54, 1.807) is 5.57 Å². The number of rotatable bonds is 2. The van der Waals surface area contributed by atoms with Crippen molar-refractivity contribution in [3.05, 3.63) is 23.3 Å². The quantitative estimate of drug-likeness (QED) is 0.714. The number of aliphatic hydroxyl groups excluding tert-OH is 1. The minimum atomic E-state index is 0.306. The van der Waals surface area contributed by atoms with Crippen LogP contribution in [-0.4, -0.2) is 11.7 Å². The molecule has 0 atom stereocenters. The summed E-state index contributed by atoms with van der Waals surface area (Å²) in [5.41, 5.74) is 3.12. The summed E-state index contributed by atoms with van der Waals surface area (Å²) in [5, 5.41) is 8.14. The Morgan fingerprint density at radius 2 is 1.86 bits per heavy atom. The number of allylic oxidation sites excluding steroid dienone is 4. The van der Waals surface area contributed by atoms with E-state index >= 15 is 0 Å². The fourth-order valence-corrected chi connectivity index (χ4v) is 1.08. The molecule has 0 unspecified atom stereocenters. The molecule has 1 nitrogen and oxygen atoms in total. The Morgan fingerprint density at radius 3 is 2.14 bits per heavy atom. The van der Waals surface area contributed by atoms with Crippen LogP contribution in [0.1, 0.15) is 47.0 Å². The molecule has 1 N–H and O–H groups in total. The third-order valence-electron chi connectivity index (χ3n) is 2.26. The van der Waals surface area contributed by atoms with Crippen LogP contribution in [0.2, 0.25) is 0 Å². The van der Waals surface area contributed by atoms with E-state index in [1.807, 2.05) is 13.8 Å². The lowest BCUT2D eigenvalue weighted by Gasteiger charge is -2.08. The first-order chi connectivity index (χ1) is 6.60. The maximum atomic E-state index is 8.14. The van der Waals surface area contributed by atoms with Gasteiger partial charge in [0, 0.05) is 6.61 Å². The average Bonchev–Trinajstić information content (AvgIpc) is 2.20. The monoisotopic (exact) mass is 196 g/mol. The van der Waals surface area contributed by atoms with E-state index in [4.69, 9.17) is 5.11 Å². The Kier molecular flexibility index (Phi) is 7.50. The molecule has 1 rings (SSSR count). The maximum Gasteiger partial charge on any atom is 0.0453 e. The molecule has 14 heavy (non-hydrogen) atoms. The fraction of sp³-hybridized carbons (Fsp3) is 0.692. The van der Waals surface area contributed by atoms with Gasteiger partial charge in [0.2, 0.25) is 0 Å². The summed E-state index contributed by atoms with van der Waals surface area (Å²) < 4.78 is 0. The topological polar surface area (TPSA) is 20.2 Å². The van der Waals surface area contributed by atoms with E-state index in [9.17, 15) is 0 Å². The van der Waals surface area contributed by atoms with Gasteiger partial charge in [0.25, 0.3) is 0 Å².